The molecule has 0 aliphatic heterocycles. The summed E-state index contributed by atoms with van der Waals surface area (Å²) >= 11 is 1.74. The van der Waals surface area contributed by atoms with Gasteiger partial charge in [-0.15, -0.1) is 11.3 Å². The van der Waals surface area contributed by atoms with Crippen molar-refractivity contribution in [2.24, 2.45) is 5.92 Å². The Bertz CT molecular complexity index is 412. The molecule has 0 aliphatic carbocycles. The average Bonchev–Trinajstić information content (AvgIpc) is 2.57. The van der Waals surface area contributed by atoms with E-state index in [4.69, 9.17) is 0 Å². The van der Waals surface area contributed by atoms with E-state index in [0.29, 0.717) is 0 Å². The molecule has 102 valence electrons. The minimum atomic E-state index is -0.567. The highest BCUT2D eigenvalue weighted by Gasteiger charge is 2.18. The van der Waals surface area contributed by atoms with E-state index in [1.807, 2.05) is 20.8 Å². The minimum absolute atomic E-state index is 0.00168. The van der Waals surface area contributed by atoms with Crippen LogP contribution in [0.4, 0.5) is 0 Å². The molecule has 2 unspecified atom stereocenters. The van der Waals surface area contributed by atoms with Crippen LogP contribution in [0.2, 0.25) is 0 Å². The third kappa shape index (κ3) is 4.10. The second-order valence-electron chi connectivity index (χ2n) is 5.17. The van der Waals surface area contributed by atoms with Gasteiger partial charge < -0.3 is 10.4 Å². The first-order chi connectivity index (χ1) is 8.31. The van der Waals surface area contributed by atoms with Crippen molar-refractivity contribution in [3.8, 4) is 0 Å². The smallest absolute Gasteiger partial charge is 0.223 e. The maximum atomic E-state index is 11.8. The molecule has 1 rings (SSSR count). The summed E-state index contributed by atoms with van der Waals surface area (Å²) in [4.78, 5) is 14.3. The highest BCUT2D eigenvalue weighted by Crippen LogP contribution is 2.26. The zero-order chi connectivity index (χ0) is 13.9. The lowest BCUT2D eigenvalue weighted by molar-refractivity contribution is -0.124. The molecule has 0 aliphatic rings. The van der Waals surface area contributed by atoms with Crippen LogP contribution in [-0.2, 0) is 4.79 Å². The van der Waals surface area contributed by atoms with Crippen LogP contribution in [0.3, 0.4) is 0 Å². The molecular formula is C14H23NO2S. The number of thiophene rings is 1. The fourth-order valence-corrected chi connectivity index (χ4v) is 2.91. The maximum absolute atomic E-state index is 11.8. The van der Waals surface area contributed by atoms with Gasteiger partial charge in [-0.1, -0.05) is 13.8 Å². The second-order valence-corrected chi connectivity index (χ2v) is 6.63. The molecule has 0 fully saturated rings. The largest absolute Gasteiger partial charge is 0.392 e. The summed E-state index contributed by atoms with van der Waals surface area (Å²) in [5.41, 5.74) is 1.17. The number of aliphatic hydroxyl groups excluding tert-OH is 1. The Balaban J connectivity index is 2.57. The SMILES string of the molecule is Cc1cc(C(C)NC(=O)CC(O)C(C)C)c(C)s1. The molecule has 0 radical (unpaired) electrons. The number of hydrogen-bond acceptors (Lipinski definition) is 3. The molecule has 3 nitrogen and oxygen atoms in total. The zero-order valence-corrected chi connectivity index (χ0v) is 12.6. The molecule has 1 heterocycles. The van der Waals surface area contributed by atoms with E-state index in [-0.39, 0.29) is 24.3 Å². The molecule has 2 N–H and O–H groups in total. The van der Waals surface area contributed by atoms with Crippen LogP contribution in [0.25, 0.3) is 0 Å². The summed E-state index contributed by atoms with van der Waals surface area (Å²) in [5.74, 6) is 0.0168. The molecule has 0 spiro atoms. The molecule has 0 saturated heterocycles. The van der Waals surface area contributed by atoms with Crippen molar-refractivity contribution in [3.63, 3.8) is 0 Å². The average molecular weight is 269 g/mol. The summed E-state index contributed by atoms with van der Waals surface area (Å²) in [7, 11) is 0. The number of rotatable bonds is 5. The van der Waals surface area contributed by atoms with Crippen molar-refractivity contribution in [1.82, 2.24) is 5.32 Å². The van der Waals surface area contributed by atoms with Gasteiger partial charge in [0.15, 0.2) is 0 Å². The normalized spacial score (nSPS) is 14.6. The van der Waals surface area contributed by atoms with E-state index >= 15 is 0 Å². The van der Waals surface area contributed by atoms with Gasteiger partial charge in [0.1, 0.15) is 0 Å². The van der Waals surface area contributed by atoms with Gasteiger partial charge in [0.2, 0.25) is 5.91 Å². The van der Waals surface area contributed by atoms with Crippen LogP contribution in [0.15, 0.2) is 6.07 Å². The predicted octanol–water partition coefficient (Wildman–Crippen LogP) is 2.95. The molecule has 2 atom stereocenters. The van der Waals surface area contributed by atoms with Crippen molar-refractivity contribution in [2.75, 3.05) is 0 Å². The first-order valence-corrected chi connectivity index (χ1v) is 7.17. The Hall–Kier alpha value is -0.870. The number of aliphatic hydroxyl groups is 1. The van der Waals surface area contributed by atoms with Crippen molar-refractivity contribution in [2.45, 2.75) is 53.2 Å². The third-order valence-corrected chi connectivity index (χ3v) is 4.07. The van der Waals surface area contributed by atoms with Gasteiger partial charge in [0.05, 0.1) is 18.6 Å². The van der Waals surface area contributed by atoms with Gasteiger partial charge in [-0.3, -0.25) is 4.79 Å². The lowest BCUT2D eigenvalue weighted by atomic mass is 10.0. The molecule has 1 aromatic rings. The third-order valence-electron chi connectivity index (χ3n) is 3.09. The molecule has 0 aromatic carbocycles. The molecule has 4 heteroatoms. The molecule has 0 bridgehead atoms. The highest BCUT2D eigenvalue weighted by molar-refractivity contribution is 7.12. The van der Waals surface area contributed by atoms with Gasteiger partial charge in [-0.25, -0.2) is 0 Å². The van der Waals surface area contributed by atoms with Crippen LogP contribution >= 0.6 is 11.3 Å². The van der Waals surface area contributed by atoms with E-state index < -0.39 is 6.10 Å². The van der Waals surface area contributed by atoms with E-state index in [0.717, 1.165) is 0 Å². The topological polar surface area (TPSA) is 49.3 Å². The monoisotopic (exact) mass is 269 g/mol. The second kappa shape index (κ2) is 6.34. The predicted molar refractivity (Wildman–Crippen MR) is 75.8 cm³/mol. The number of hydrogen-bond donors (Lipinski definition) is 2. The molecule has 0 saturated carbocycles. The summed E-state index contributed by atoms with van der Waals surface area (Å²) in [6, 6.07) is 2.12. The first-order valence-electron chi connectivity index (χ1n) is 6.35. The van der Waals surface area contributed by atoms with Crippen LogP contribution in [-0.4, -0.2) is 17.1 Å². The Morgan fingerprint density at radius 2 is 2.00 bits per heavy atom. The van der Waals surface area contributed by atoms with Crippen LogP contribution in [0.1, 0.15) is 48.6 Å². The van der Waals surface area contributed by atoms with Crippen LogP contribution in [0, 0.1) is 19.8 Å². The van der Waals surface area contributed by atoms with Crippen LogP contribution < -0.4 is 5.32 Å². The Morgan fingerprint density at radius 3 is 2.44 bits per heavy atom. The van der Waals surface area contributed by atoms with Crippen LogP contribution in [0.5, 0.6) is 0 Å². The molecule has 1 aromatic heterocycles. The first kappa shape index (κ1) is 15.2. The van der Waals surface area contributed by atoms with Crippen molar-refractivity contribution >= 4 is 17.2 Å². The van der Waals surface area contributed by atoms with E-state index in [9.17, 15) is 9.90 Å². The minimum Gasteiger partial charge on any atom is -0.392 e. The van der Waals surface area contributed by atoms with Gasteiger partial charge in [-0.2, -0.15) is 0 Å². The Morgan fingerprint density at radius 1 is 1.39 bits per heavy atom. The Kier molecular flexibility index (Phi) is 5.35. The van der Waals surface area contributed by atoms with E-state index in [1.165, 1.54) is 15.3 Å². The fraction of sp³-hybridized carbons (Fsp3) is 0.643. The van der Waals surface area contributed by atoms with E-state index in [1.54, 1.807) is 11.3 Å². The summed E-state index contributed by atoms with van der Waals surface area (Å²) in [6.45, 7) is 9.94. The van der Waals surface area contributed by atoms with Gasteiger partial charge >= 0.3 is 0 Å². The number of aryl methyl sites for hydroxylation is 2. The van der Waals surface area contributed by atoms with Crippen molar-refractivity contribution in [1.29, 1.82) is 0 Å². The van der Waals surface area contributed by atoms with Gasteiger partial charge in [0.25, 0.3) is 0 Å². The van der Waals surface area contributed by atoms with Crippen molar-refractivity contribution in [3.05, 3.63) is 21.4 Å². The number of amides is 1. The number of nitrogens with one attached hydrogen (secondary N) is 1. The number of carbonyl (C=O) groups excluding carboxylic acids is 1. The fourth-order valence-electron chi connectivity index (χ4n) is 1.88. The molecular weight excluding hydrogens is 246 g/mol. The quantitative estimate of drug-likeness (QED) is 0.863. The standard InChI is InChI=1S/C14H23NO2S/c1-8(2)13(16)7-14(17)15-10(4)12-6-9(3)18-11(12)5/h6,8,10,13,16H,7H2,1-5H3,(H,15,17). The van der Waals surface area contributed by atoms with Gasteiger partial charge in [-0.05, 0) is 38.3 Å². The highest BCUT2D eigenvalue weighted by atomic mass is 32.1. The van der Waals surface area contributed by atoms with Crippen molar-refractivity contribution < 1.29 is 9.90 Å². The lowest BCUT2D eigenvalue weighted by Gasteiger charge is -2.17. The zero-order valence-electron chi connectivity index (χ0n) is 11.8. The number of carbonyl (C=O) groups is 1. The van der Waals surface area contributed by atoms with E-state index in [2.05, 4.69) is 25.2 Å². The molecule has 18 heavy (non-hydrogen) atoms. The van der Waals surface area contributed by atoms with Gasteiger partial charge in [0, 0.05) is 9.75 Å². The lowest BCUT2D eigenvalue weighted by Crippen LogP contribution is -2.31. The summed E-state index contributed by atoms with van der Waals surface area (Å²) in [6.07, 6.45) is -0.396. The summed E-state index contributed by atoms with van der Waals surface area (Å²) < 4.78 is 0. The Labute approximate surface area is 113 Å². The molecule has 1 amide bonds. The maximum Gasteiger partial charge on any atom is 0.223 e. The summed E-state index contributed by atoms with van der Waals surface area (Å²) in [5, 5.41) is 12.6.